The van der Waals surface area contributed by atoms with Gasteiger partial charge in [0.1, 0.15) is 6.54 Å². The van der Waals surface area contributed by atoms with Crippen molar-refractivity contribution in [1.82, 2.24) is 10.4 Å². The Bertz CT molecular complexity index is 377. The predicted octanol–water partition coefficient (Wildman–Crippen LogP) is 0.0458. The number of furan rings is 1. The molecular weight excluding hydrogens is 240 g/mol. The highest BCUT2D eigenvalue weighted by molar-refractivity contribution is 5.93. The molecule has 100 valence electrons. The number of likely N-dealkylation sites (N-methyl/N-ethyl adjacent to an activating group) is 1. The van der Waals surface area contributed by atoms with Crippen LogP contribution >= 0.6 is 0 Å². The predicted molar refractivity (Wildman–Crippen MR) is 61.6 cm³/mol. The molecule has 1 N–H and O–H groups in total. The van der Waals surface area contributed by atoms with Crippen molar-refractivity contribution in [3.05, 3.63) is 24.2 Å². The number of hydrogen-bond acceptors (Lipinski definition) is 5. The van der Waals surface area contributed by atoms with E-state index in [4.69, 9.17) is 14.0 Å². The van der Waals surface area contributed by atoms with Crippen LogP contribution in [0.4, 0.5) is 0 Å². The zero-order chi connectivity index (χ0) is 13.4. The molecule has 7 nitrogen and oxygen atoms in total. The van der Waals surface area contributed by atoms with Crippen molar-refractivity contribution in [1.29, 1.82) is 0 Å². The zero-order valence-electron chi connectivity index (χ0n) is 10.3. The molecule has 0 aromatic carbocycles. The monoisotopic (exact) mass is 256 g/mol. The van der Waals surface area contributed by atoms with Crippen molar-refractivity contribution in [3.8, 4) is 0 Å². The smallest absolute Gasteiger partial charge is 0.289 e. The molecule has 0 atom stereocenters. The number of nitrogens with one attached hydrogen (secondary N) is 1. The molecule has 0 unspecified atom stereocenters. The van der Waals surface area contributed by atoms with Crippen LogP contribution in [0.2, 0.25) is 0 Å². The van der Waals surface area contributed by atoms with Crippen molar-refractivity contribution in [2.45, 2.75) is 0 Å². The molecule has 1 aromatic heterocycles. The minimum absolute atomic E-state index is 0.119. The van der Waals surface area contributed by atoms with Crippen LogP contribution in [-0.4, -0.2) is 50.6 Å². The average molecular weight is 256 g/mol. The molecule has 0 aliphatic carbocycles. The normalized spacial score (nSPS) is 10.1. The Kier molecular flexibility index (Phi) is 5.89. The largest absolute Gasteiger partial charge is 0.459 e. The van der Waals surface area contributed by atoms with Gasteiger partial charge in [0.2, 0.25) is 0 Å². The van der Waals surface area contributed by atoms with Crippen molar-refractivity contribution in [2.24, 2.45) is 0 Å². The zero-order valence-corrected chi connectivity index (χ0v) is 10.3. The van der Waals surface area contributed by atoms with Gasteiger partial charge in [-0.25, -0.2) is 5.48 Å². The van der Waals surface area contributed by atoms with Gasteiger partial charge in [-0.05, 0) is 12.1 Å². The molecule has 1 aromatic rings. The fourth-order valence-electron chi connectivity index (χ4n) is 1.16. The first-order chi connectivity index (χ1) is 8.65. The molecule has 0 aliphatic rings. The van der Waals surface area contributed by atoms with Crippen LogP contribution in [0.3, 0.4) is 0 Å². The van der Waals surface area contributed by atoms with Crippen LogP contribution in [0.15, 0.2) is 22.8 Å². The number of carbonyl (C=O) groups excluding carboxylic acids is 2. The highest BCUT2D eigenvalue weighted by Crippen LogP contribution is 2.03. The molecule has 18 heavy (non-hydrogen) atoms. The average Bonchev–Trinajstić information content (AvgIpc) is 2.87. The van der Waals surface area contributed by atoms with Crippen molar-refractivity contribution in [3.63, 3.8) is 0 Å². The van der Waals surface area contributed by atoms with Gasteiger partial charge in [-0.3, -0.25) is 14.4 Å². The summed E-state index contributed by atoms with van der Waals surface area (Å²) in [6.07, 6.45) is 1.40. The molecular formula is C11H16N2O5. The second kappa shape index (κ2) is 7.46. The summed E-state index contributed by atoms with van der Waals surface area (Å²) in [6.45, 7) is 0.506. The van der Waals surface area contributed by atoms with Crippen LogP contribution in [0, 0.1) is 0 Å². The van der Waals surface area contributed by atoms with Crippen LogP contribution in [0.25, 0.3) is 0 Å². The van der Waals surface area contributed by atoms with E-state index in [1.165, 1.54) is 31.4 Å². The lowest BCUT2D eigenvalue weighted by atomic mass is 10.4. The lowest BCUT2D eigenvalue weighted by molar-refractivity contribution is -0.135. The Balaban J connectivity index is 2.29. The standard InChI is InChI=1S/C11H16N2O5/c1-13(11(15)9-4-3-5-17-9)8-10(14)12-18-7-6-16-2/h3-5H,6-8H2,1-2H3,(H,12,14). The number of nitrogens with zero attached hydrogens (tertiary/aromatic N) is 1. The third-order valence-corrected chi connectivity index (χ3v) is 2.03. The number of rotatable bonds is 7. The van der Waals surface area contributed by atoms with Crippen LogP contribution in [0.5, 0.6) is 0 Å². The Hall–Kier alpha value is -1.86. The third-order valence-electron chi connectivity index (χ3n) is 2.03. The minimum Gasteiger partial charge on any atom is -0.459 e. The van der Waals surface area contributed by atoms with Gasteiger partial charge in [0.05, 0.1) is 19.5 Å². The van der Waals surface area contributed by atoms with Crippen molar-refractivity contribution < 1.29 is 23.6 Å². The Morgan fingerprint density at radius 1 is 1.44 bits per heavy atom. The number of ether oxygens (including phenoxy) is 1. The number of methoxy groups -OCH3 is 1. The summed E-state index contributed by atoms with van der Waals surface area (Å²) < 4.78 is 9.68. The van der Waals surface area contributed by atoms with E-state index in [2.05, 4.69) is 5.48 Å². The highest BCUT2D eigenvalue weighted by atomic mass is 16.7. The number of hydroxylamine groups is 1. The summed E-state index contributed by atoms with van der Waals surface area (Å²) >= 11 is 0. The van der Waals surface area contributed by atoms with E-state index in [9.17, 15) is 9.59 Å². The highest BCUT2D eigenvalue weighted by Gasteiger charge is 2.16. The fraction of sp³-hybridized carbons (Fsp3) is 0.455. The first-order valence-corrected chi connectivity index (χ1v) is 5.33. The number of amides is 2. The van der Waals surface area contributed by atoms with Gasteiger partial charge >= 0.3 is 0 Å². The first kappa shape index (κ1) is 14.2. The van der Waals surface area contributed by atoms with E-state index >= 15 is 0 Å². The van der Waals surface area contributed by atoms with Crippen LogP contribution in [0.1, 0.15) is 10.6 Å². The molecule has 1 rings (SSSR count). The third kappa shape index (κ3) is 4.56. The van der Waals surface area contributed by atoms with Gasteiger partial charge in [0.15, 0.2) is 5.76 Å². The van der Waals surface area contributed by atoms with Gasteiger partial charge < -0.3 is 14.1 Å². The summed E-state index contributed by atoms with van der Waals surface area (Å²) in [6, 6.07) is 3.14. The molecule has 2 amide bonds. The second-order valence-electron chi connectivity index (χ2n) is 3.51. The molecule has 0 aliphatic heterocycles. The Morgan fingerprint density at radius 3 is 2.83 bits per heavy atom. The molecule has 0 spiro atoms. The summed E-state index contributed by atoms with van der Waals surface area (Å²) in [4.78, 5) is 29.1. The van der Waals surface area contributed by atoms with Gasteiger partial charge in [-0.2, -0.15) is 0 Å². The molecule has 1 heterocycles. The second-order valence-corrected chi connectivity index (χ2v) is 3.51. The SMILES string of the molecule is COCCONC(=O)CN(C)C(=O)c1ccco1. The summed E-state index contributed by atoms with van der Waals surface area (Å²) in [7, 11) is 3.03. The van der Waals surface area contributed by atoms with E-state index in [0.717, 1.165) is 0 Å². The maximum absolute atomic E-state index is 11.7. The van der Waals surface area contributed by atoms with Gasteiger partial charge in [0.25, 0.3) is 11.8 Å². The quantitative estimate of drug-likeness (QED) is 0.550. The number of hydrogen-bond donors (Lipinski definition) is 1. The molecule has 0 bridgehead atoms. The molecule has 7 heteroatoms. The van der Waals surface area contributed by atoms with Gasteiger partial charge in [-0.15, -0.1) is 0 Å². The Labute approximate surface area is 105 Å². The number of carbonyl (C=O) groups is 2. The minimum atomic E-state index is -0.423. The lowest BCUT2D eigenvalue weighted by Gasteiger charge is -2.15. The van der Waals surface area contributed by atoms with E-state index < -0.39 is 5.91 Å². The topological polar surface area (TPSA) is 81.0 Å². The van der Waals surface area contributed by atoms with E-state index in [0.29, 0.717) is 6.61 Å². The van der Waals surface area contributed by atoms with Crippen molar-refractivity contribution >= 4 is 11.8 Å². The summed E-state index contributed by atoms with van der Waals surface area (Å²) in [5.41, 5.74) is 2.21. The summed E-state index contributed by atoms with van der Waals surface area (Å²) in [5, 5.41) is 0. The van der Waals surface area contributed by atoms with Gasteiger partial charge in [0, 0.05) is 14.2 Å². The maximum Gasteiger partial charge on any atom is 0.289 e. The molecule has 0 saturated carbocycles. The van der Waals surface area contributed by atoms with E-state index in [1.807, 2.05) is 0 Å². The Morgan fingerprint density at radius 2 is 2.22 bits per heavy atom. The molecule has 0 saturated heterocycles. The van der Waals surface area contributed by atoms with Gasteiger partial charge in [-0.1, -0.05) is 0 Å². The van der Waals surface area contributed by atoms with E-state index in [1.54, 1.807) is 6.07 Å². The lowest BCUT2D eigenvalue weighted by Crippen LogP contribution is -2.38. The van der Waals surface area contributed by atoms with Crippen LogP contribution < -0.4 is 5.48 Å². The first-order valence-electron chi connectivity index (χ1n) is 5.33. The molecule has 0 fully saturated rings. The maximum atomic E-state index is 11.7. The summed E-state index contributed by atoms with van der Waals surface area (Å²) in [5.74, 6) is -0.605. The fourth-order valence-corrected chi connectivity index (χ4v) is 1.16. The van der Waals surface area contributed by atoms with E-state index in [-0.39, 0.29) is 24.8 Å². The molecule has 0 radical (unpaired) electrons. The van der Waals surface area contributed by atoms with Crippen LogP contribution in [-0.2, 0) is 14.4 Å². The van der Waals surface area contributed by atoms with Crippen molar-refractivity contribution in [2.75, 3.05) is 33.9 Å².